The molecular formula is C29H33N3O2. The Morgan fingerprint density at radius 2 is 1.71 bits per heavy atom. The van der Waals surface area contributed by atoms with Gasteiger partial charge in [0.25, 0.3) is 0 Å². The lowest BCUT2D eigenvalue weighted by molar-refractivity contribution is -0.121. The van der Waals surface area contributed by atoms with Crippen molar-refractivity contribution in [2.75, 3.05) is 27.2 Å². The van der Waals surface area contributed by atoms with Gasteiger partial charge in [0.05, 0.1) is 0 Å². The molecule has 5 heteroatoms. The van der Waals surface area contributed by atoms with Gasteiger partial charge in [-0.15, -0.1) is 0 Å². The van der Waals surface area contributed by atoms with Crippen LogP contribution in [0.25, 0.3) is 10.9 Å². The first-order valence-electron chi connectivity index (χ1n) is 11.9. The van der Waals surface area contributed by atoms with Crippen LogP contribution < -0.4 is 10.1 Å². The lowest BCUT2D eigenvalue weighted by Gasteiger charge is -2.19. The van der Waals surface area contributed by atoms with Crippen molar-refractivity contribution < 1.29 is 9.53 Å². The van der Waals surface area contributed by atoms with E-state index in [2.05, 4.69) is 64.3 Å². The van der Waals surface area contributed by atoms with E-state index in [1.807, 2.05) is 56.6 Å². The summed E-state index contributed by atoms with van der Waals surface area (Å²) >= 11 is 0. The molecule has 34 heavy (non-hydrogen) atoms. The van der Waals surface area contributed by atoms with Crippen LogP contribution in [0.1, 0.15) is 30.4 Å². The lowest BCUT2D eigenvalue weighted by Crippen LogP contribution is -2.32. The second-order valence-electron chi connectivity index (χ2n) is 8.79. The van der Waals surface area contributed by atoms with Gasteiger partial charge >= 0.3 is 0 Å². The molecule has 0 saturated heterocycles. The highest BCUT2D eigenvalue weighted by atomic mass is 16.5. The van der Waals surface area contributed by atoms with Crippen LogP contribution in [0.15, 0.2) is 85.1 Å². The second kappa shape index (κ2) is 11.0. The number of carbonyl (C=O) groups is 1. The highest BCUT2D eigenvalue weighted by Crippen LogP contribution is 2.36. The smallest absolute Gasteiger partial charge is 0.220 e. The zero-order valence-corrected chi connectivity index (χ0v) is 20.2. The Bertz CT molecular complexity index is 1230. The zero-order chi connectivity index (χ0) is 23.9. The maximum absolute atomic E-state index is 13.0. The third kappa shape index (κ3) is 5.67. The number of rotatable bonds is 10. The van der Waals surface area contributed by atoms with Crippen molar-refractivity contribution in [1.82, 2.24) is 14.8 Å². The first-order chi connectivity index (χ1) is 16.5. The second-order valence-corrected chi connectivity index (χ2v) is 8.79. The number of ether oxygens (including phenoxy) is 1. The Balaban J connectivity index is 1.69. The van der Waals surface area contributed by atoms with E-state index in [9.17, 15) is 4.79 Å². The molecule has 0 aliphatic heterocycles. The van der Waals surface area contributed by atoms with Gasteiger partial charge in [-0.25, -0.2) is 0 Å². The van der Waals surface area contributed by atoms with Gasteiger partial charge in [0.1, 0.15) is 11.5 Å². The fourth-order valence-electron chi connectivity index (χ4n) is 4.32. The third-order valence-electron chi connectivity index (χ3n) is 6.05. The summed E-state index contributed by atoms with van der Waals surface area (Å²) < 4.78 is 8.36. The van der Waals surface area contributed by atoms with Gasteiger partial charge in [-0.2, -0.15) is 0 Å². The van der Waals surface area contributed by atoms with Crippen LogP contribution in [0.5, 0.6) is 11.5 Å². The minimum Gasteiger partial charge on any atom is -0.457 e. The van der Waals surface area contributed by atoms with Crippen LogP contribution in [-0.2, 0) is 11.3 Å². The summed E-state index contributed by atoms with van der Waals surface area (Å²) in [7, 11) is 4.01. The maximum atomic E-state index is 13.0. The number of hydrogen-bond donors (Lipinski definition) is 1. The van der Waals surface area contributed by atoms with Gasteiger partial charge in [-0.1, -0.05) is 48.5 Å². The van der Waals surface area contributed by atoms with Crippen LogP contribution in [0.4, 0.5) is 0 Å². The summed E-state index contributed by atoms with van der Waals surface area (Å²) in [4.78, 5) is 15.1. The van der Waals surface area contributed by atoms with E-state index in [1.54, 1.807) is 0 Å². The van der Waals surface area contributed by atoms with E-state index in [1.165, 1.54) is 10.9 Å². The fraction of sp³-hybridized carbons (Fsp3) is 0.276. The molecule has 1 atom stereocenters. The Morgan fingerprint density at radius 3 is 2.47 bits per heavy atom. The predicted octanol–water partition coefficient (Wildman–Crippen LogP) is 5.65. The molecule has 1 heterocycles. The number of para-hydroxylation sites is 2. The number of hydrogen-bond acceptors (Lipinski definition) is 3. The van der Waals surface area contributed by atoms with Gasteiger partial charge in [-0.05, 0) is 62.5 Å². The lowest BCUT2D eigenvalue weighted by atomic mass is 9.88. The molecule has 1 aromatic heterocycles. The molecule has 4 aromatic rings. The molecule has 5 nitrogen and oxygen atoms in total. The van der Waals surface area contributed by atoms with Crippen LogP contribution in [-0.4, -0.2) is 42.6 Å². The van der Waals surface area contributed by atoms with Crippen molar-refractivity contribution in [1.29, 1.82) is 0 Å². The Morgan fingerprint density at radius 1 is 0.971 bits per heavy atom. The molecule has 176 valence electrons. The highest BCUT2D eigenvalue weighted by Gasteiger charge is 2.23. The van der Waals surface area contributed by atoms with E-state index in [-0.39, 0.29) is 11.8 Å². The normalized spacial score (nSPS) is 12.1. The number of nitrogens with zero attached hydrogens (tertiary/aromatic N) is 2. The molecule has 4 rings (SSSR count). The molecule has 0 aliphatic carbocycles. The van der Waals surface area contributed by atoms with Crippen molar-refractivity contribution in [2.45, 2.75) is 25.8 Å². The summed E-state index contributed by atoms with van der Waals surface area (Å²) in [6, 6.07) is 26.3. The minimum atomic E-state index is -0.0867. The maximum Gasteiger partial charge on any atom is 0.220 e. The van der Waals surface area contributed by atoms with Gasteiger partial charge in [0.15, 0.2) is 0 Å². The Kier molecular flexibility index (Phi) is 7.65. The standard InChI is InChI=1S/C29H33N3O2/c1-4-32-21-27(25-15-8-9-16-28(25)32)26(20-29(33)30-17-18-31(2)3)22-11-10-14-24(19-22)34-23-12-6-5-7-13-23/h5-16,19,21,26H,4,17-18,20H2,1-3H3,(H,30,33)/t26-/m0/s1. The number of fused-ring (bicyclic) bond motifs is 1. The van der Waals surface area contributed by atoms with Gasteiger partial charge in [-0.3, -0.25) is 4.79 Å². The van der Waals surface area contributed by atoms with Crippen LogP contribution in [0.2, 0.25) is 0 Å². The van der Waals surface area contributed by atoms with Crippen molar-refractivity contribution in [3.05, 3.63) is 96.2 Å². The van der Waals surface area contributed by atoms with Crippen molar-refractivity contribution in [3.8, 4) is 11.5 Å². The summed E-state index contributed by atoms with van der Waals surface area (Å²) in [6.07, 6.45) is 2.58. The number of carbonyl (C=O) groups excluding carboxylic acids is 1. The van der Waals surface area contributed by atoms with Gasteiger partial charge < -0.3 is 19.5 Å². The molecule has 0 aliphatic rings. The van der Waals surface area contributed by atoms with E-state index in [4.69, 9.17) is 4.74 Å². The molecule has 3 aromatic carbocycles. The monoisotopic (exact) mass is 455 g/mol. The molecule has 0 spiro atoms. The van der Waals surface area contributed by atoms with Gasteiger partial charge in [0, 0.05) is 49.1 Å². The fourth-order valence-corrected chi connectivity index (χ4v) is 4.32. The van der Waals surface area contributed by atoms with E-state index in [0.29, 0.717) is 13.0 Å². The third-order valence-corrected chi connectivity index (χ3v) is 6.05. The topological polar surface area (TPSA) is 46.5 Å². The quantitative estimate of drug-likeness (QED) is 0.336. The van der Waals surface area contributed by atoms with E-state index in [0.717, 1.165) is 35.7 Å². The molecule has 0 saturated carbocycles. The largest absolute Gasteiger partial charge is 0.457 e. The summed E-state index contributed by atoms with van der Waals surface area (Å²) in [5.41, 5.74) is 3.42. The van der Waals surface area contributed by atoms with Crippen LogP contribution in [0, 0.1) is 0 Å². The van der Waals surface area contributed by atoms with E-state index < -0.39 is 0 Å². The molecular weight excluding hydrogens is 422 g/mol. The molecule has 0 unspecified atom stereocenters. The molecule has 1 amide bonds. The molecule has 1 N–H and O–H groups in total. The highest BCUT2D eigenvalue weighted by molar-refractivity contribution is 5.86. The summed E-state index contributed by atoms with van der Waals surface area (Å²) in [5, 5.41) is 4.27. The first kappa shape index (κ1) is 23.6. The van der Waals surface area contributed by atoms with E-state index >= 15 is 0 Å². The van der Waals surface area contributed by atoms with Crippen LogP contribution >= 0.6 is 0 Å². The van der Waals surface area contributed by atoms with Crippen molar-refractivity contribution in [3.63, 3.8) is 0 Å². The summed E-state index contributed by atoms with van der Waals surface area (Å²) in [5.74, 6) is 1.52. The number of nitrogens with one attached hydrogen (secondary N) is 1. The predicted molar refractivity (Wildman–Crippen MR) is 139 cm³/mol. The summed E-state index contributed by atoms with van der Waals surface area (Å²) in [6.45, 7) is 4.46. The average molecular weight is 456 g/mol. The van der Waals surface area contributed by atoms with Crippen molar-refractivity contribution >= 4 is 16.8 Å². The van der Waals surface area contributed by atoms with Crippen LogP contribution in [0.3, 0.4) is 0 Å². The SMILES string of the molecule is CCn1cc([C@@H](CC(=O)NCCN(C)C)c2cccc(Oc3ccccc3)c2)c2ccccc21. The molecule has 0 fully saturated rings. The van der Waals surface area contributed by atoms with Crippen molar-refractivity contribution in [2.24, 2.45) is 0 Å². The van der Waals surface area contributed by atoms with Gasteiger partial charge in [0.2, 0.25) is 5.91 Å². The molecule has 0 bridgehead atoms. The average Bonchev–Trinajstić information content (AvgIpc) is 3.22. The first-order valence-corrected chi connectivity index (χ1v) is 11.9. The minimum absolute atomic E-state index is 0.0505. The zero-order valence-electron chi connectivity index (χ0n) is 20.2. The number of benzene rings is 3. The number of amides is 1. The Hall–Kier alpha value is -3.57. The molecule has 0 radical (unpaired) electrons. The Labute approximate surface area is 202 Å². The number of likely N-dealkylation sites (N-methyl/N-ethyl adjacent to an activating group) is 1. The number of aryl methyl sites for hydroxylation is 1. The number of aromatic nitrogens is 1.